The molecular formula is C31H28F2N6O. The Bertz CT molecular complexity index is 1660. The van der Waals surface area contributed by atoms with Gasteiger partial charge in [-0.2, -0.15) is 5.26 Å². The van der Waals surface area contributed by atoms with E-state index in [9.17, 15) is 18.8 Å². The molecule has 7 nitrogen and oxygen atoms in total. The van der Waals surface area contributed by atoms with Crippen molar-refractivity contribution < 1.29 is 8.78 Å². The number of aryl methyl sites for hydroxylation is 1. The summed E-state index contributed by atoms with van der Waals surface area (Å²) in [6.07, 6.45) is 0. The minimum absolute atomic E-state index is 0.00536. The Kier molecular flexibility index (Phi) is 7.34. The minimum atomic E-state index is -0.415. The van der Waals surface area contributed by atoms with E-state index in [0.29, 0.717) is 36.4 Å². The molecule has 0 amide bonds. The van der Waals surface area contributed by atoms with Gasteiger partial charge in [0.2, 0.25) is 5.52 Å². The maximum absolute atomic E-state index is 13.9. The van der Waals surface area contributed by atoms with Crippen molar-refractivity contribution in [1.82, 2.24) is 14.5 Å². The van der Waals surface area contributed by atoms with E-state index >= 15 is 0 Å². The second-order valence-electron chi connectivity index (χ2n) is 10.3. The molecule has 2 aromatic carbocycles. The molecule has 1 fully saturated rings. The number of hydrogen-bond donors (Lipinski definition) is 0. The van der Waals surface area contributed by atoms with Crippen molar-refractivity contribution in [3.05, 3.63) is 111 Å². The number of benzene rings is 2. The van der Waals surface area contributed by atoms with Crippen molar-refractivity contribution in [3.63, 3.8) is 0 Å². The van der Waals surface area contributed by atoms with Gasteiger partial charge < -0.3 is 14.3 Å². The van der Waals surface area contributed by atoms with Crippen molar-refractivity contribution >= 4 is 22.5 Å². The summed E-state index contributed by atoms with van der Waals surface area (Å²) in [6, 6.07) is 17.8. The molecule has 40 heavy (non-hydrogen) atoms. The summed E-state index contributed by atoms with van der Waals surface area (Å²) in [6.45, 7) is 13.2. The molecule has 5 rings (SSSR count). The number of nitrogens with zero attached hydrogens (tertiary/aromatic N) is 6. The molecular weight excluding hydrogens is 510 g/mol. The Hall–Kier alpha value is -4.60. The summed E-state index contributed by atoms with van der Waals surface area (Å²) in [7, 11) is 1.60. The van der Waals surface area contributed by atoms with Gasteiger partial charge in [0.05, 0.1) is 11.6 Å². The van der Waals surface area contributed by atoms with Crippen LogP contribution in [-0.2, 0) is 7.05 Å². The summed E-state index contributed by atoms with van der Waals surface area (Å²) in [5, 5.41) is 10.0. The van der Waals surface area contributed by atoms with Crippen molar-refractivity contribution in [1.29, 1.82) is 5.26 Å². The van der Waals surface area contributed by atoms with Crippen LogP contribution in [0, 0.1) is 35.5 Å². The summed E-state index contributed by atoms with van der Waals surface area (Å²) < 4.78 is 29.1. The maximum atomic E-state index is 13.9. The van der Waals surface area contributed by atoms with Crippen LogP contribution in [-0.4, -0.2) is 40.1 Å². The molecule has 0 unspecified atom stereocenters. The maximum Gasteiger partial charge on any atom is 0.271 e. The largest absolute Gasteiger partial charge is 0.364 e. The fraction of sp³-hybridized carbons (Fsp3) is 0.290. The molecule has 2 aromatic heterocycles. The first-order chi connectivity index (χ1) is 19.2. The van der Waals surface area contributed by atoms with E-state index in [2.05, 4.69) is 34.6 Å². The van der Waals surface area contributed by atoms with Crippen molar-refractivity contribution in [2.75, 3.05) is 24.5 Å². The fourth-order valence-corrected chi connectivity index (χ4v) is 5.66. The van der Waals surface area contributed by atoms with E-state index in [-0.39, 0.29) is 41.0 Å². The van der Waals surface area contributed by atoms with E-state index < -0.39 is 5.56 Å². The molecule has 1 aliphatic rings. The number of pyridine rings is 2. The van der Waals surface area contributed by atoms with E-state index in [0.717, 1.165) is 11.1 Å². The van der Waals surface area contributed by atoms with E-state index in [1.807, 2.05) is 4.90 Å². The second-order valence-corrected chi connectivity index (χ2v) is 10.3. The number of anilines is 1. The lowest BCUT2D eigenvalue weighted by Gasteiger charge is -2.48. The van der Waals surface area contributed by atoms with Crippen LogP contribution in [0.4, 0.5) is 20.3 Å². The quantitative estimate of drug-likeness (QED) is 0.311. The average molecular weight is 539 g/mol. The molecule has 0 N–H and O–H groups in total. The molecule has 0 saturated carbocycles. The highest BCUT2D eigenvalue weighted by Gasteiger charge is 2.37. The number of fused-ring (bicyclic) bond motifs is 1. The normalized spacial score (nSPS) is 15.9. The lowest BCUT2D eigenvalue weighted by atomic mass is 9.90. The molecule has 0 bridgehead atoms. The van der Waals surface area contributed by atoms with Crippen LogP contribution in [0.25, 0.3) is 15.9 Å². The van der Waals surface area contributed by atoms with Gasteiger partial charge in [-0.15, -0.1) is 4.98 Å². The third kappa shape index (κ3) is 4.81. The van der Waals surface area contributed by atoms with E-state index in [1.54, 1.807) is 43.4 Å². The molecule has 202 valence electrons. The van der Waals surface area contributed by atoms with Crippen molar-refractivity contribution in [2.45, 2.75) is 25.9 Å². The van der Waals surface area contributed by atoms with Gasteiger partial charge in [-0.25, -0.2) is 8.78 Å². The van der Waals surface area contributed by atoms with Crippen molar-refractivity contribution in [3.8, 4) is 6.07 Å². The Labute approximate surface area is 231 Å². The number of aromatic nitrogens is 2. The first-order valence-corrected chi connectivity index (χ1v) is 13.1. The molecule has 1 aliphatic heterocycles. The standard InChI is InChI=1S/C31H28F2N6O/c1-19(2)26-18-38(30-24(17-34)31(40)37(4)25-13-14-27(35-3)36-28(25)30)15-16-39(26)29(20-5-9-22(32)10-6-20)21-7-11-23(33)12-8-21/h5-14,19,26,29H,15-16,18H2,1-2,4H3/t26-/m0/s1. The summed E-state index contributed by atoms with van der Waals surface area (Å²) in [4.78, 5) is 25.5. The van der Waals surface area contributed by atoms with Crippen molar-refractivity contribution in [2.24, 2.45) is 13.0 Å². The van der Waals surface area contributed by atoms with Gasteiger partial charge in [-0.1, -0.05) is 44.7 Å². The molecule has 4 aromatic rings. The van der Waals surface area contributed by atoms with Gasteiger partial charge >= 0.3 is 0 Å². The Balaban J connectivity index is 1.62. The van der Waals surface area contributed by atoms with Crippen LogP contribution in [0.3, 0.4) is 0 Å². The Morgan fingerprint density at radius 2 is 1.60 bits per heavy atom. The van der Waals surface area contributed by atoms with Gasteiger partial charge in [0.15, 0.2) is 0 Å². The highest BCUT2D eigenvalue weighted by atomic mass is 19.1. The van der Waals surface area contributed by atoms with Gasteiger partial charge in [-0.05, 0) is 53.4 Å². The predicted octanol–water partition coefficient (Wildman–Crippen LogP) is 5.57. The molecule has 0 spiro atoms. The lowest BCUT2D eigenvalue weighted by molar-refractivity contribution is 0.105. The monoisotopic (exact) mass is 538 g/mol. The topological polar surface area (TPSA) is 69.5 Å². The smallest absolute Gasteiger partial charge is 0.271 e. The molecule has 0 radical (unpaired) electrons. The van der Waals surface area contributed by atoms with Crippen LogP contribution in [0.1, 0.15) is 36.6 Å². The van der Waals surface area contributed by atoms with Crippen LogP contribution >= 0.6 is 0 Å². The summed E-state index contributed by atoms with van der Waals surface area (Å²) in [5.41, 5.74) is 2.77. The van der Waals surface area contributed by atoms with Crippen LogP contribution < -0.4 is 10.5 Å². The zero-order valence-electron chi connectivity index (χ0n) is 22.5. The van der Waals surface area contributed by atoms with Gasteiger partial charge in [0.1, 0.15) is 29.0 Å². The first-order valence-electron chi connectivity index (χ1n) is 13.1. The van der Waals surface area contributed by atoms with Gasteiger partial charge in [0.25, 0.3) is 11.4 Å². The second kappa shape index (κ2) is 10.9. The molecule has 1 atom stereocenters. The number of piperazine rings is 1. The molecule has 0 aliphatic carbocycles. The Morgan fingerprint density at radius 1 is 1.00 bits per heavy atom. The fourth-order valence-electron chi connectivity index (χ4n) is 5.66. The summed E-state index contributed by atoms with van der Waals surface area (Å²) in [5.74, 6) is -0.330. The first kappa shape index (κ1) is 27.0. The third-order valence-electron chi connectivity index (χ3n) is 7.68. The van der Waals surface area contributed by atoms with Crippen LogP contribution in [0.2, 0.25) is 0 Å². The predicted molar refractivity (Wildman–Crippen MR) is 150 cm³/mol. The lowest BCUT2D eigenvalue weighted by Crippen LogP contribution is -2.56. The molecule has 9 heteroatoms. The number of halogens is 2. The van der Waals surface area contributed by atoms with Gasteiger partial charge in [-0.3, -0.25) is 9.69 Å². The highest BCUT2D eigenvalue weighted by Crippen LogP contribution is 2.37. The number of nitriles is 1. The highest BCUT2D eigenvalue weighted by molar-refractivity contribution is 5.92. The Morgan fingerprint density at radius 3 is 2.12 bits per heavy atom. The van der Waals surface area contributed by atoms with Crippen LogP contribution in [0.5, 0.6) is 0 Å². The number of hydrogen-bond acceptors (Lipinski definition) is 5. The number of rotatable bonds is 5. The van der Waals surface area contributed by atoms with E-state index in [1.165, 1.54) is 28.8 Å². The molecule has 3 heterocycles. The third-order valence-corrected chi connectivity index (χ3v) is 7.68. The zero-order chi connectivity index (χ0) is 28.6. The van der Waals surface area contributed by atoms with Crippen LogP contribution in [0.15, 0.2) is 65.5 Å². The van der Waals surface area contributed by atoms with E-state index in [4.69, 9.17) is 6.57 Å². The average Bonchev–Trinajstić information content (AvgIpc) is 2.96. The SMILES string of the molecule is [C-]#[N+]c1ccc2c(n1)c(N1CCN(C(c3ccc(F)cc3)c3ccc(F)cc3)[C@H](C(C)C)C1)c(C#N)c(=O)n2C. The zero-order valence-corrected chi connectivity index (χ0v) is 22.5. The minimum Gasteiger partial charge on any atom is -0.364 e. The van der Waals surface area contributed by atoms with Gasteiger partial charge in [0, 0.05) is 32.7 Å². The summed E-state index contributed by atoms with van der Waals surface area (Å²) >= 11 is 0. The molecule has 1 saturated heterocycles.